The molecule has 2 rings (SSSR count). The number of thiazole rings is 1. The van der Waals surface area contributed by atoms with Crippen molar-refractivity contribution in [3.05, 3.63) is 40.4 Å². The van der Waals surface area contributed by atoms with Crippen LogP contribution in [-0.4, -0.2) is 17.9 Å². The third kappa shape index (κ3) is 3.12. The summed E-state index contributed by atoms with van der Waals surface area (Å²) in [6.07, 6.45) is 0.275. The molecule has 0 saturated heterocycles. The zero-order valence-corrected chi connectivity index (χ0v) is 12.1. The van der Waals surface area contributed by atoms with Gasteiger partial charge in [-0.2, -0.15) is 0 Å². The summed E-state index contributed by atoms with van der Waals surface area (Å²) in [5.41, 5.74) is 9.50. The Hall–Kier alpha value is -1.88. The average Bonchev–Trinajstić information content (AvgIpc) is 2.74. The molecule has 100 valence electrons. The van der Waals surface area contributed by atoms with Gasteiger partial charge in [-0.05, 0) is 25.5 Å². The lowest BCUT2D eigenvalue weighted by Gasteiger charge is -2.19. The first-order valence-electron chi connectivity index (χ1n) is 6.01. The van der Waals surface area contributed by atoms with Crippen molar-refractivity contribution >= 4 is 28.1 Å². The third-order valence-corrected chi connectivity index (χ3v) is 3.71. The molecule has 5 heteroatoms. The normalized spacial score (nSPS) is 10.5. The number of hydrogen-bond donors (Lipinski definition) is 1. The van der Waals surface area contributed by atoms with Gasteiger partial charge in [0.1, 0.15) is 0 Å². The molecule has 0 aliphatic carbocycles. The lowest BCUT2D eigenvalue weighted by atomic mass is 10.1. The summed E-state index contributed by atoms with van der Waals surface area (Å²) in [5.74, 6) is 0.0113. The van der Waals surface area contributed by atoms with E-state index >= 15 is 0 Å². The number of carbonyl (C=O) groups is 1. The number of aryl methyl sites for hydroxylation is 2. The van der Waals surface area contributed by atoms with Crippen LogP contribution in [0.5, 0.6) is 0 Å². The first kappa shape index (κ1) is 13.5. The first-order chi connectivity index (χ1) is 8.97. The highest BCUT2D eigenvalue weighted by Gasteiger charge is 2.15. The van der Waals surface area contributed by atoms with E-state index in [0.717, 1.165) is 16.9 Å². The standard InChI is InChI=1S/C14H17N3OS/c1-9-4-5-12(10(2)6-9)17(3)13(18)7-11-8-19-14(15)16-11/h4-6,8H,7H2,1-3H3,(H2,15,16). The number of rotatable bonds is 3. The van der Waals surface area contributed by atoms with Gasteiger partial charge in [-0.15, -0.1) is 11.3 Å². The van der Waals surface area contributed by atoms with E-state index in [4.69, 9.17) is 5.73 Å². The minimum absolute atomic E-state index is 0.0113. The van der Waals surface area contributed by atoms with Gasteiger partial charge in [-0.25, -0.2) is 4.98 Å². The molecular weight excluding hydrogens is 258 g/mol. The number of nitrogen functional groups attached to an aromatic ring is 1. The monoisotopic (exact) mass is 275 g/mol. The van der Waals surface area contributed by atoms with Crippen LogP contribution < -0.4 is 10.6 Å². The number of hydrogen-bond acceptors (Lipinski definition) is 4. The van der Waals surface area contributed by atoms with Crippen molar-refractivity contribution in [3.63, 3.8) is 0 Å². The van der Waals surface area contributed by atoms with Crippen molar-refractivity contribution in [2.75, 3.05) is 17.7 Å². The fourth-order valence-corrected chi connectivity index (χ4v) is 2.56. The molecule has 19 heavy (non-hydrogen) atoms. The van der Waals surface area contributed by atoms with Crippen molar-refractivity contribution in [1.29, 1.82) is 0 Å². The Kier molecular flexibility index (Phi) is 3.85. The fraction of sp³-hybridized carbons (Fsp3) is 0.286. The molecule has 0 aliphatic heterocycles. The van der Waals surface area contributed by atoms with E-state index in [1.54, 1.807) is 11.9 Å². The molecule has 0 saturated carbocycles. The summed E-state index contributed by atoms with van der Waals surface area (Å²) in [6.45, 7) is 4.05. The van der Waals surface area contributed by atoms with Crippen molar-refractivity contribution in [3.8, 4) is 0 Å². The van der Waals surface area contributed by atoms with Gasteiger partial charge in [0.05, 0.1) is 12.1 Å². The first-order valence-corrected chi connectivity index (χ1v) is 6.89. The number of anilines is 2. The quantitative estimate of drug-likeness (QED) is 0.936. The van der Waals surface area contributed by atoms with Gasteiger partial charge in [0, 0.05) is 18.1 Å². The Morgan fingerprint density at radius 2 is 2.16 bits per heavy atom. The Bertz CT molecular complexity index is 606. The highest BCUT2D eigenvalue weighted by molar-refractivity contribution is 7.13. The van der Waals surface area contributed by atoms with Crippen LogP contribution in [0.15, 0.2) is 23.6 Å². The predicted molar refractivity (Wildman–Crippen MR) is 79.6 cm³/mol. The number of nitrogens with two attached hydrogens (primary N) is 1. The second kappa shape index (κ2) is 5.40. The second-order valence-corrected chi connectivity index (χ2v) is 5.49. The van der Waals surface area contributed by atoms with Gasteiger partial charge in [-0.1, -0.05) is 17.7 Å². The largest absolute Gasteiger partial charge is 0.375 e. The van der Waals surface area contributed by atoms with Crippen LogP contribution >= 0.6 is 11.3 Å². The van der Waals surface area contributed by atoms with Gasteiger partial charge in [0.15, 0.2) is 5.13 Å². The number of aromatic nitrogens is 1. The van der Waals surface area contributed by atoms with E-state index in [2.05, 4.69) is 11.1 Å². The van der Waals surface area contributed by atoms with Crippen LogP contribution in [0.4, 0.5) is 10.8 Å². The number of benzene rings is 1. The Morgan fingerprint density at radius 3 is 2.74 bits per heavy atom. The van der Waals surface area contributed by atoms with Crippen molar-refractivity contribution in [2.45, 2.75) is 20.3 Å². The zero-order chi connectivity index (χ0) is 14.0. The number of amides is 1. The molecule has 2 N–H and O–H groups in total. The topological polar surface area (TPSA) is 59.2 Å². The number of likely N-dealkylation sites (N-methyl/N-ethyl adjacent to an activating group) is 1. The molecule has 1 aromatic carbocycles. The average molecular weight is 275 g/mol. The van der Waals surface area contributed by atoms with Crippen molar-refractivity contribution in [1.82, 2.24) is 4.98 Å². The molecular formula is C14H17N3OS. The summed E-state index contributed by atoms with van der Waals surface area (Å²) < 4.78 is 0. The van der Waals surface area contributed by atoms with Crippen molar-refractivity contribution < 1.29 is 4.79 Å². The fourth-order valence-electron chi connectivity index (χ4n) is 1.99. The van der Waals surface area contributed by atoms with E-state index in [-0.39, 0.29) is 12.3 Å². The third-order valence-electron chi connectivity index (χ3n) is 2.99. The predicted octanol–water partition coefficient (Wildman–Crippen LogP) is 2.55. The van der Waals surface area contributed by atoms with Crippen molar-refractivity contribution in [2.24, 2.45) is 0 Å². The Labute approximate surface area is 116 Å². The molecule has 0 radical (unpaired) electrons. The Morgan fingerprint density at radius 1 is 1.42 bits per heavy atom. The van der Waals surface area contributed by atoms with E-state index in [9.17, 15) is 4.79 Å². The van der Waals surface area contributed by atoms with E-state index < -0.39 is 0 Å². The van der Waals surface area contributed by atoms with Gasteiger partial charge >= 0.3 is 0 Å². The molecule has 1 aromatic heterocycles. The Balaban J connectivity index is 2.14. The highest BCUT2D eigenvalue weighted by atomic mass is 32.1. The molecule has 0 atom stereocenters. The van der Waals surface area contributed by atoms with E-state index in [0.29, 0.717) is 5.13 Å². The van der Waals surface area contributed by atoms with E-state index in [1.807, 2.05) is 31.4 Å². The lowest BCUT2D eigenvalue weighted by molar-refractivity contribution is -0.117. The van der Waals surface area contributed by atoms with Crippen LogP contribution in [0.25, 0.3) is 0 Å². The van der Waals surface area contributed by atoms with Gasteiger partial charge in [0.25, 0.3) is 0 Å². The number of nitrogens with zero attached hydrogens (tertiary/aromatic N) is 2. The minimum Gasteiger partial charge on any atom is -0.375 e. The van der Waals surface area contributed by atoms with Crippen LogP contribution in [0.3, 0.4) is 0 Å². The molecule has 2 aromatic rings. The summed E-state index contributed by atoms with van der Waals surface area (Å²) in [7, 11) is 1.79. The minimum atomic E-state index is 0.0113. The maximum atomic E-state index is 12.2. The van der Waals surface area contributed by atoms with Crippen LogP contribution in [0.2, 0.25) is 0 Å². The zero-order valence-electron chi connectivity index (χ0n) is 11.3. The smallest absolute Gasteiger partial charge is 0.232 e. The molecule has 0 bridgehead atoms. The van der Waals surface area contributed by atoms with Gasteiger partial charge in [0.2, 0.25) is 5.91 Å². The van der Waals surface area contributed by atoms with Gasteiger partial charge in [-0.3, -0.25) is 4.79 Å². The molecule has 1 amide bonds. The van der Waals surface area contributed by atoms with Crippen LogP contribution in [0.1, 0.15) is 16.8 Å². The van der Waals surface area contributed by atoms with Crippen LogP contribution in [0, 0.1) is 13.8 Å². The maximum absolute atomic E-state index is 12.2. The van der Waals surface area contributed by atoms with E-state index in [1.165, 1.54) is 16.9 Å². The summed E-state index contributed by atoms with van der Waals surface area (Å²) in [4.78, 5) is 18.0. The van der Waals surface area contributed by atoms with Gasteiger partial charge < -0.3 is 10.6 Å². The SMILES string of the molecule is Cc1ccc(N(C)C(=O)Cc2csc(N)n2)c(C)c1. The summed E-state index contributed by atoms with van der Waals surface area (Å²) in [6, 6.07) is 6.05. The summed E-state index contributed by atoms with van der Waals surface area (Å²) >= 11 is 1.35. The maximum Gasteiger partial charge on any atom is 0.232 e. The summed E-state index contributed by atoms with van der Waals surface area (Å²) in [5, 5.41) is 2.32. The molecule has 0 unspecified atom stereocenters. The number of carbonyl (C=O) groups excluding carboxylic acids is 1. The molecule has 0 aliphatic rings. The lowest BCUT2D eigenvalue weighted by Crippen LogP contribution is -2.28. The second-order valence-electron chi connectivity index (χ2n) is 4.60. The molecule has 4 nitrogen and oxygen atoms in total. The molecule has 0 spiro atoms. The molecule has 1 heterocycles. The van der Waals surface area contributed by atoms with Crippen LogP contribution in [-0.2, 0) is 11.2 Å². The highest BCUT2D eigenvalue weighted by Crippen LogP contribution is 2.21. The molecule has 0 fully saturated rings.